The number of alkyl halides is 3. The van der Waals surface area contributed by atoms with Crippen LogP contribution in [0.4, 0.5) is 36.1 Å². The summed E-state index contributed by atoms with van der Waals surface area (Å²) in [6, 6.07) is 10.5. The molecule has 3 saturated heterocycles. The Morgan fingerprint density at radius 1 is 0.855 bits per heavy atom. The Bertz CT molecular complexity index is 2710. The number of imide groups is 1. The van der Waals surface area contributed by atoms with Crippen molar-refractivity contribution < 1.29 is 27.6 Å². The number of fused-ring (bicyclic) bond motifs is 2. The number of halogens is 3. The zero-order chi connectivity index (χ0) is 48.8. The first-order chi connectivity index (χ1) is 33.1. The molecule has 3 fully saturated rings. The van der Waals surface area contributed by atoms with Gasteiger partial charge in [-0.05, 0) is 75.2 Å². The molecule has 370 valence electrons. The van der Waals surface area contributed by atoms with E-state index in [0.717, 1.165) is 80.8 Å². The molecule has 17 nitrogen and oxygen atoms in total. The highest BCUT2D eigenvalue weighted by atomic mass is 19.4. The van der Waals surface area contributed by atoms with Gasteiger partial charge in [-0.3, -0.25) is 43.5 Å². The molecule has 0 radical (unpaired) electrons. The van der Waals surface area contributed by atoms with Gasteiger partial charge in [0.1, 0.15) is 23.5 Å². The molecule has 6 heterocycles. The molecule has 3 aromatic heterocycles. The van der Waals surface area contributed by atoms with Crippen LogP contribution in [0.25, 0.3) is 21.9 Å². The lowest BCUT2D eigenvalue weighted by molar-refractivity contribution is -0.138. The molecule has 2 unspecified atom stereocenters. The number of aromatic nitrogens is 5. The third kappa shape index (κ3) is 11.6. The number of aryl methyl sites for hydroxylation is 2. The Morgan fingerprint density at radius 3 is 2.19 bits per heavy atom. The normalized spacial score (nSPS) is 18.0. The molecule has 0 saturated carbocycles. The summed E-state index contributed by atoms with van der Waals surface area (Å²) in [7, 11) is 3.50. The fraction of sp³-hybridized carbons (Fsp3) is 0.531. The summed E-state index contributed by atoms with van der Waals surface area (Å²) < 4.78 is 43.8. The molecule has 3 aliphatic rings. The van der Waals surface area contributed by atoms with Crippen LogP contribution in [0, 0.1) is 0 Å². The number of piperidine rings is 1. The van der Waals surface area contributed by atoms with E-state index >= 15 is 0 Å². The smallest absolute Gasteiger partial charge is 0.399 e. The zero-order valence-corrected chi connectivity index (χ0v) is 39.8. The van der Waals surface area contributed by atoms with Gasteiger partial charge in [-0.2, -0.15) is 18.3 Å². The van der Waals surface area contributed by atoms with Crippen molar-refractivity contribution in [1.29, 1.82) is 0 Å². The van der Waals surface area contributed by atoms with Crippen molar-refractivity contribution in [3.8, 4) is 0 Å². The molecule has 0 spiro atoms. The molecule has 5 N–H and O–H groups in total. The lowest BCUT2D eigenvalue weighted by Gasteiger charge is -2.36. The van der Waals surface area contributed by atoms with Gasteiger partial charge >= 0.3 is 6.18 Å². The Morgan fingerprint density at radius 2 is 1.52 bits per heavy atom. The van der Waals surface area contributed by atoms with Crippen LogP contribution in [0.3, 0.4) is 0 Å². The lowest BCUT2D eigenvalue weighted by Crippen LogP contribution is -2.50. The van der Waals surface area contributed by atoms with Crippen molar-refractivity contribution in [3.63, 3.8) is 0 Å². The molecule has 2 atom stereocenters. The van der Waals surface area contributed by atoms with Crippen LogP contribution in [0.2, 0.25) is 0 Å². The van der Waals surface area contributed by atoms with E-state index in [4.69, 9.17) is 5.73 Å². The van der Waals surface area contributed by atoms with Crippen LogP contribution in [0.1, 0.15) is 93.5 Å². The number of nitrogens with zero attached hydrogens (tertiary/aromatic N) is 9. The molecule has 8 rings (SSSR count). The van der Waals surface area contributed by atoms with Crippen molar-refractivity contribution in [2.24, 2.45) is 14.1 Å². The van der Waals surface area contributed by atoms with Crippen LogP contribution >= 0.6 is 0 Å². The molecule has 0 aliphatic carbocycles. The fourth-order valence-electron chi connectivity index (χ4n) is 9.96. The summed E-state index contributed by atoms with van der Waals surface area (Å²) in [5.74, 6) is -0.605. The number of pyridine rings is 1. The number of carbonyl (C=O) groups is 3. The highest BCUT2D eigenvalue weighted by molar-refractivity contribution is 6.03. The molecule has 0 bridgehead atoms. The Balaban J connectivity index is 0.700. The van der Waals surface area contributed by atoms with E-state index in [1.807, 2.05) is 30.1 Å². The molecule has 3 amide bonds. The van der Waals surface area contributed by atoms with Gasteiger partial charge in [0.25, 0.3) is 5.56 Å². The van der Waals surface area contributed by atoms with Crippen molar-refractivity contribution in [1.82, 2.24) is 44.3 Å². The minimum Gasteiger partial charge on any atom is -0.399 e. The average molecular weight is 956 g/mol. The van der Waals surface area contributed by atoms with Crippen molar-refractivity contribution in [2.45, 2.75) is 82.8 Å². The number of amides is 3. The Labute approximate surface area is 399 Å². The Kier molecular flexibility index (Phi) is 15.4. The van der Waals surface area contributed by atoms with Gasteiger partial charge in [-0.1, -0.05) is 44.2 Å². The average Bonchev–Trinajstić information content (AvgIpc) is 3.67. The number of carbonyl (C=O) groups excluding carboxylic acids is 3. The first-order valence-corrected chi connectivity index (χ1v) is 24.2. The maximum absolute atomic E-state index is 13.6. The number of para-hydroxylation sites is 1. The van der Waals surface area contributed by atoms with Gasteiger partial charge < -0.3 is 26.2 Å². The van der Waals surface area contributed by atoms with Crippen LogP contribution in [0.5, 0.6) is 0 Å². The predicted octanol–water partition coefficient (Wildman–Crippen LogP) is 5.62. The molecule has 5 aromatic rings. The van der Waals surface area contributed by atoms with E-state index in [9.17, 15) is 32.3 Å². The maximum Gasteiger partial charge on any atom is 0.416 e. The first kappa shape index (κ1) is 49.2. The van der Waals surface area contributed by atoms with E-state index in [2.05, 4.69) is 45.7 Å². The zero-order valence-electron chi connectivity index (χ0n) is 39.8. The standard InChI is InChI=1S/C49H64F3N13O4/c1-32(33-26-34(49(50,51)52)28-35(53)27-33)57-45-38-29-40(48(69)60(2)46(38)56-31-55-45)64-22-18-62(19-23-64)16-9-7-5-4-6-8-10-17-63-20-24-65(25-21-63)42(67)30-54-39-13-11-12-36-43(59-61(3)44(36)39)37-14-15-41(66)58-47(37)68/h11-13,26-29,31-32,37,54H,4-10,14-25,30,53H2,1-3H3,(H,55,56,57)(H,58,66,68). The highest BCUT2D eigenvalue weighted by Gasteiger charge is 2.33. The summed E-state index contributed by atoms with van der Waals surface area (Å²) in [6.07, 6.45) is 5.79. The number of benzene rings is 2. The van der Waals surface area contributed by atoms with Gasteiger partial charge in [0.2, 0.25) is 17.7 Å². The van der Waals surface area contributed by atoms with Gasteiger partial charge in [0.15, 0.2) is 0 Å². The largest absolute Gasteiger partial charge is 0.416 e. The van der Waals surface area contributed by atoms with Crippen molar-refractivity contribution in [2.75, 3.05) is 93.3 Å². The first-order valence-electron chi connectivity index (χ1n) is 24.2. The summed E-state index contributed by atoms with van der Waals surface area (Å²) in [4.78, 5) is 68.8. The number of hydrogen-bond donors (Lipinski definition) is 4. The van der Waals surface area contributed by atoms with E-state index in [0.29, 0.717) is 66.4 Å². The van der Waals surface area contributed by atoms with E-state index in [1.165, 1.54) is 49.1 Å². The number of piperazine rings is 2. The number of nitrogens with one attached hydrogen (secondary N) is 3. The second-order valence-electron chi connectivity index (χ2n) is 18.7. The van der Waals surface area contributed by atoms with Crippen LogP contribution < -0.4 is 32.1 Å². The second-order valence-corrected chi connectivity index (χ2v) is 18.7. The van der Waals surface area contributed by atoms with Gasteiger partial charge in [-0.15, -0.1) is 0 Å². The second kappa shape index (κ2) is 21.6. The number of nitrogens with two attached hydrogens (primary N) is 1. The maximum atomic E-state index is 13.6. The summed E-state index contributed by atoms with van der Waals surface area (Å²) in [6.45, 7) is 10.2. The van der Waals surface area contributed by atoms with Crippen LogP contribution in [-0.2, 0) is 34.7 Å². The monoisotopic (exact) mass is 956 g/mol. The Hall–Kier alpha value is -6.28. The number of nitrogen functional groups attached to an aromatic ring is 1. The molecule has 3 aliphatic heterocycles. The molecular formula is C49H64F3N13O4. The van der Waals surface area contributed by atoms with Gasteiger partial charge in [0, 0.05) is 83.9 Å². The van der Waals surface area contributed by atoms with E-state index in [1.54, 1.807) is 24.7 Å². The van der Waals surface area contributed by atoms with Crippen LogP contribution in [-0.4, -0.2) is 129 Å². The molecular weight excluding hydrogens is 892 g/mol. The van der Waals surface area contributed by atoms with Crippen molar-refractivity contribution in [3.05, 3.63) is 76.0 Å². The van der Waals surface area contributed by atoms with E-state index < -0.39 is 23.7 Å². The minimum absolute atomic E-state index is 0.0168. The van der Waals surface area contributed by atoms with Crippen molar-refractivity contribution >= 4 is 62.5 Å². The number of rotatable bonds is 18. The minimum atomic E-state index is -4.53. The van der Waals surface area contributed by atoms with Crippen LogP contribution in [0.15, 0.2) is 53.6 Å². The fourth-order valence-corrected chi connectivity index (χ4v) is 9.96. The molecule has 20 heteroatoms. The molecule has 2 aromatic carbocycles. The summed E-state index contributed by atoms with van der Waals surface area (Å²) in [5.41, 5.74) is 8.44. The summed E-state index contributed by atoms with van der Waals surface area (Å²) >= 11 is 0. The summed E-state index contributed by atoms with van der Waals surface area (Å²) in [5, 5.41) is 15.1. The predicted molar refractivity (Wildman–Crippen MR) is 261 cm³/mol. The van der Waals surface area contributed by atoms with E-state index in [-0.39, 0.29) is 41.9 Å². The number of anilines is 4. The SMILES string of the molecule is CC(Nc1ncnc2c1cc(N1CCN(CCCCCCCCCN3CCN(C(=O)CNc4cccc5c(C6CCC(=O)NC6=O)nn(C)c45)CC3)CC1)c(=O)n2C)c1cc(N)cc(C(F)(F)F)c1. The number of unbranched alkanes of at least 4 members (excludes halogenated alkanes) is 6. The topological polar surface area (TPSA) is 192 Å². The lowest BCUT2D eigenvalue weighted by atomic mass is 9.92. The van der Waals surface area contributed by atoms with Gasteiger partial charge in [-0.25, -0.2) is 9.97 Å². The quantitative estimate of drug-likeness (QED) is 0.0482. The van der Waals surface area contributed by atoms with Gasteiger partial charge in [0.05, 0.1) is 46.4 Å². The third-order valence-electron chi connectivity index (χ3n) is 13.9. The molecule has 69 heavy (non-hydrogen) atoms. The highest BCUT2D eigenvalue weighted by Crippen LogP contribution is 2.35. The number of hydrogen-bond acceptors (Lipinski definition) is 13. The third-order valence-corrected chi connectivity index (χ3v) is 13.9.